The molecule has 0 fully saturated rings. The van der Waals surface area contributed by atoms with Crippen molar-refractivity contribution in [2.24, 2.45) is 0 Å². The van der Waals surface area contributed by atoms with Crippen molar-refractivity contribution in [2.75, 3.05) is 6.54 Å². The van der Waals surface area contributed by atoms with Crippen LogP contribution in [0.1, 0.15) is 30.5 Å². The fourth-order valence-electron chi connectivity index (χ4n) is 2.03. The number of carbonyl (C=O) groups excluding carboxylic acids is 1. The van der Waals surface area contributed by atoms with Crippen LogP contribution in [0.3, 0.4) is 0 Å². The van der Waals surface area contributed by atoms with Gasteiger partial charge in [-0.2, -0.15) is 0 Å². The molecular weight excluding hydrogens is 324 g/mol. The van der Waals surface area contributed by atoms with E-state index in [1.54, 1.807) is 18.5 Å². The third kappa shape index (κ3) is 4.46. The highest BCUT2D eigenvalue weighted by Gasteiger charge is 2.27. The lowest BCUT2D eigenvalue weighted by Gasteiger charge is -2.25. The first kappa shape index (κ1) is 17.3. The highest BCUT2D eigenvalue weighted by molar-refractivity contribution is 7.09. The number of amides is 2. The van der Waals surface area contributed by atoms with Crippen LogP contribution in [0.4, 0.5) is 13.6 Å². The van der Waals surface area contributed by atoms with Crippen LogP contribution in [0.15, 0.2) is 29.8 Å². The van der Waals surface area contributed by atoms with Gasteiger partial charge in [-0.05, 0) is 19.9 Å². The Labute approximate surface area is 136 Å². The molecule has 0 radical (unpaired) electrons. The fourth-order valence-corrected chi connectivity index (χ4v) is 2.68. The SMILES string of the molecule is C[C@H](NC(=O)NC[C@](C)(O)c1ccc(F)cc1F)c1nccs1. The second-order valence-corrected chi connectivity index (χ2v) is 6.24. The number of rotatable bonds is 5. The van der Waals surface area contributed by atoms with E-state index in [4.69, 9.17) is 0 Å². The molecule has 2 atom stereocenters. The number of nitrogens with zero attached hydrogens (tertiary/aromatic N) is 1. The fraction of sp³-hybridized carbons (Fsp3) is 0.333. The Morgan fingerprint density at radius 1 is 1.48 bits per heavy atom. The van der Waals surface area contributed by atoms with E-state index in [1.165, 1.54) is 18.3 Å². The maximum atomic E-state index is 13.7. The summed E-state index contributed by atoms with van der Waals surface area (Å²) in [6.07, 6.45) is 1.64. The zero-order chi connectivity index (χ0) is 17.0. The normalized spacial score (nSPS) is 14.8. The van der Waals surface area contributed by atoms with Crippen molar-refractivity contribution in [2.45, 2.75) is 25.5 Å². The number of carbonyl (C=O) groups is 1. The summed E-state index contributed by atoms with van der Waals surface area (Å²) in [5.41, 5.74) is -1.76. The van der Waals surface area contributed by atoms with Gasteiger partial charge in [0.2, 0.25) is 0 Å². The van der Waals surface area contributed by atoms with Crippen LogP contribution in [-0.4, -0.2) is 22.7 Å². The van der Waals surface area contributed by atoms with Crippen LogP contribution in [0, 0.1) is 11.6 Å². The van der Waals surface area contributed by atoms with Crippen LogP contribution >= 0.6 is 11.3 Å². The number of thiazole rings is 1. The molecule has 3 N–H and O–H groups in total. The quantitative estimate of drug-likeness (QED) is 0.783. The van der Waals surface area contributed by atoms with E-state index < -0.39 is 23.3 Å². The lowest BCUT2D eigenvalue weighted by molar-refractivity contribution is 0.0554. The molecule has 1 aromatic carbocycles. The van der Waals surface area contributed by atoms with Gasteiger partial charge in [-0.15, -0.1) is 11.3 Å². The van der Waals surface area contributed by atoms with Gasteiger partial charge in [0.05, 0.1) is 12.6 Å². The summed E-state index contributed by atoms with van der Waals surface area (Å²) in [6.45, 7) is 2.88. The Balaban J connectivity index is 1.94. The van der Waals surface area contributed by atoms with Crippen LogP contribution in [0.5, 0.6) is 0 Å². The predicted molar refractivity (Wildman–Crippen MR) is 83.0 cm³/mol. The summed E-state index contributed by atoms with van der Waals surface area (Å²) in [6, 6.07) is 2.09. The first-order valence-electron chi connectivity index (χ1n) is 6.91. The predicted octanol–water partition coefficient (Wildman–Crippen LogP) is 2.69. The topological polar surface area (TPSA) is 74.2 Å². The minimum Gasteiger partial charge on any atom is -0.383 e. The molecule has 0 aliphatic rings. The van der Waals surface area contributed by atoms with Crippen LogP contribution in [0.25, 0.3) is 0 Å². The van der Waals surface area contributed by atoms with E-state index >= 15 is 0 Å². The second-order valence-electron chi connectivity index (χ2n) is 5.32. The summed E-state index contributed by atoms with van der Waals surface area (Å²) >= 11 is 1.41. The average Bonchev–Trinajstić information content (AvgIpc) is 2.99. The van der Waals surface area contributed by atoms with Gasteiger partial charge in [-0.1, -0.05) is 6.07 Å². The third-order valence-electron chi connectivity index (χ3n) is 3.27. The molecule has 8 heteroatoms. The van der Waals surface area contributed by atoms with Crippen molar-refractivity contribution in [1.82, 2.24) is 15.6 Å². The first-order valence-corrected chi connectivity index (χ1v) is 7.79. The summed E-state index contributed by atoms with van der Waals surface area (Å²) in [4.78, 5) is 15.9. The number of nitrogens with one attached hydrogen (secondary N) is 2. The molecule has 0 aliphatic carbocycles. The number of aliphatic hydroxyl groups is 1. The maximum absolute atomic E-state index is 13.7. The minimum absolute atomic E-state index is 0.0906. The van der Waals surface area contributed by atoms with Gasteiger partial charge in [-0.3, -0.25) is 0 Å². The zero-order valence-electron chi connectivity index (χ0n) is 12.6. The number of urea groups is 1. The highest BCUT2D eigenvalue weighted by Crippen LogP contribution is 2.23. The lowest BCUT2D eigenvalue weighted by Crippen LogP contribution is -2.44. The highest BCUT2D eigenvalue weighted by atomic mass is 32.1. The lowest BCUT2D eigenvalue weighted by atomic mass is 9.95. The molecule has 0 spiro atoms. The maximum Gasteiger partial charge on any atom is 0.315 e. The van der Waals surface area contributed by atoms with Crippen LogP contribution in [-0.2, 0) is 5.60 Å². The largest absolute Gasteiger partial charge is 0.383 e. The number of halogens is 2. The molecule has 0 unspecified atom stereocenters. The molecular formula is C15H17F2N3O2S. The van der Waals surface area contributed by atoms with Crippen molar-refractivity contribution < 1.29 is 18.7 Å². The van der Waals surface area contributed by atoms with Gasteiger partial charge < -0.3 is 15.7 Å². The molecule has 2 rings (SSSR count). The summed E-state index contributed by atoms with van der Waals surface area (Å²) < 4.78 is 26.7. The van der Waals surface area contributed by atoms with Gasteiger partial charge in [0.1, 0.15) is 22.2 Å². The first-order chi connectivity index (χ1) is 10.8. The Bertz CT molecular complexity index is 677. The van der Waals surface area contributed by atoms with Crippen LogP contribution < -0.4 is 10.6 Å². The summed E-state index contributed by atoms with van der Waals surface area (Å²) in [7, 11) is 0. The monoisotopic (exact) mass is 341 g/mol. The van der Waals surface area contributed by atoms with Crippen molar-refractivity contribution in [3.8, 4) is 0 Å². The molecule has 5 nitrogen and oxygen atoms in total. The Kier molecular flexibility index (Phi) is 5.27. The number of hydrogen-bond acceptors (Lipinski definition) is 4. The molecule has 2 amide bonds. The Morgan fingerprint density at radius 2 is 2.22 bits per heavy atom. The van der Waals surface area contributed by atoms with E-state index in [2.05, 4.69) is 15.6 Å². The van der Waals surface area contributed by atoms with Crippen molar-refractivity contribution in [3.05, 3.63) is 52.0 Å². The van der Waals surface area contributed by atoms with E-state index in [0.29, 0.717) is 6.07 Å². The molecule has 1 aromatic heterocycles. The standard InChI is InChI=1S/C15H17F2N3O2S/c1-9(13-18-5-6-23-13)20-14(21)19-8-15(2,22)11-4-3-10(16)7-12(11)17/h3-7,9,22H,8H2,1-2H3,(H2,19,20,21)/t9-,15-/m0/s1. The minimum atomic E-state index is -1.67. The summed E-state index contributed by atoms with van der Waals surface area (Å²) in [5, 5.41) is 18.0. The van der Waals surface area contributed by atoms with Crippen LogP contribution in [0.2, 0.25) is 0 Å². The number of aromatic nitrogens is 1. The number of hydrogen-bond donors (Lipinski definition) is 3. The smallest absolute Gasteiger partial charge is 0.315 e. The Morgan fingerprint density at radius 3 is 2.83 bits per heavy atom. The van der Waals surface area contributed by atoms with Crippen molar-refractivity contribution in [1.29, 1.82) is 0 Å². The van der Waals surface area contributed by atoms with Gasteiger partial charge in [0.25, 0.3) is 0 Å². The molecule has 0 bridgehead atoms. The molecule has 0 aliphatic heterocycles. The van der Waals surface area contributed by atoms with E-state index in [0.717, 1.165) is 17.1 Å². The Hall–Kier alpha value is -2.06. The van der Waals surface area contributed by atoms with Gasteiger partial charge in [-0.25, -0.2) is 18.6 Å². The second kappa shape index (κ2) is 7.01. The molecule has 124 valence electrons. The molecule has 23 heavy (non-hydrogen) atoms. The zero-order valence-corrected chi connectivity index (χ0v) is 13.5. The van der Waals surface area contributed by atoms with Crippen molar-refractivity contribution in [3.63, 3.8) is 0 Å². The number of benzene rings is 1. The van der Waals surface area contributed by atoms with Gasteiger partial charge in [0.15, 0.2) is 0 Å². The van der Waals surface area contributed by atoms with Gasteiger partial charge in [0, 0.05) is 23.2 Å². The van der Waals surface area contributed by atoms with E-state index in [-0.39, 0.29) is 18.2 Å². The van der Waals surface area contributed by atoms with Gasteiger partial charge >= 0.3 is 6.03 Å². The molecule has 2 aromatic rings. The van der Waals surface area contributed by atoms with E-state index in [1.807, 2.05) is 0 Å². The molecule has 0 saturated carbocycles. The molecule has 1 heterocycles. The van der Waals surface area contributed by atoms with E-state index in [9.17, 15) is 18.7 Å². The average molecular weight is 341 g/mol. The third-order valence-corrected chi connectivity index (χ3v) is 4.23. The van der Waals surface area contributed by atoms with Crippen molar-refractivity contribution >= 4 is 17.4 Å². The summed E-state index contributed by atoms with van der Waals surface area (Å²) in [5.74, 6) is -1.60. The molecule has 0 saturated heterocycles.